The van der Waals surface area contributed by atoms with Crippen LogP contribution in [-0.2, 0) is 0 Å². The van der Waals surface area contributed by atoms with Crippen LogP contribution in [0.2, 0.25) is 0 Å². The molecule has 0 N–H and O–H groups in total. The summed E-state index contributed by atoms with van der Waals surface area (Å²) >= 11 is 0. The second-order valence-corrected chi connectivity index (χ2v) is 5.78. The smallest absolute Gasteiger partial charge is 0.247 e. The van der Waals surface area contributed by atoms with E-state index in [0.717, 1.165) is 0 Å². The van der Waals surface area contributed by atoms with Gasteiger partial charge in [-0.15, -0.1) is 0 Å². The van der Waals surface area contributed by atoms with Crippen LogP contribution in [0.4, 0.5) is 74.6 Å². The number of rotatable bonds is 4. The molecule has 1 rings (SSSR count). The molecule has 0 aromatic heterocycles. The Bertz CT molecular complexity index is 594. The molecule has 0 amide bonds. The predicted octanol–water partition coefficient (Wildman–Crippen LogP) is 5.50. The third-order valence-corrected chi connectivity index (χ3v) is 4.13. The lowest BCUT2D eigenvalue weighted by Gasteiger charge is -2.50. The molecule has 5 unspecified atom stereocenters. The maximum Gasteiger partial charge on any atom is 0.431 e. The minimum absolute atomic E-state index is 4.02. The van der Waals surface area contributed by atoms with Crippen molar-refractivity contribution in [3.63, 3.8) is 0 Å². The molecule has 0 aromatic rings. The number of alkyl halides is 17. The summed E-state index contributed by atoms with van der Waals surface area (Å²) < 4.78 is 222. The van der Waals surface area contributed by atoms with E-state index in [9.17, 15) is 74.6 Å². The molecule has 5 atom stereocenters. The van der Waals surface area contributed by atoms with Gasteiger partial charge < -0.3 is 0 Å². The zero-order valence-electron chi connectivity index (χ0n) is 12.4. The van der Waals surface area contributed by atoms with Crippen LogP contribution < -0.4 is 0 Å². The predicted molar refractivity (Wildman–Crippen MR) is 54.2 cm³/mol. The molecule has 1 saturated carbocycles. The van der Waals surface area contributed by atoms with Gasteiger partial charge in [-0.05, 0) is 0 Å². The van der Waals surface area contributed by atoms with Crippen molar-refractivity contribution in [2.24, 2.45) is 0 Å². The monoisotopic (exact) mass is 460 g/mol. The molecular weight excluding hydrogens is 455 g/mol. The Morgan fingerprint density at radius 3 is 1.36 bits per heavy atom. The summed E-state index contributed by atoms with van der Waals surface area (Å²) in [5, 5.41) is 0. The third-order valence-electron chi connectivity index (χ3n) is 4.13. The van der Waals surface area contributed by atoms with Crippen molar-refractivity contribution in [2.75, 3.05) is 6.67 Å². The second-order valence-electron chi connectivity index (χ2n) is 5.78. The minimum Gasteiger partial charge on any atom is -0.247 e. The van der Waals surface area contributed by atoms with Crippen LogP contribution in [0, 0.1) is 0 Å². The molecule has 1 aliphatic rings. The molecule has 0 aliphatic heterocycles. The van der Waals surface area contributed by atoms with Crippen LogP contribution in [0.3, 0.4) is 0 Å². The number of hydrogen-bond donors (Lipinski definition) is 0. The molecule has 168 valence electrons. The molecule has 1 aliphatic carbocycles. The summed E-state index contributed by atoms with van der Waals surface area (Å²) in [4.78, 5) is 0. The first-order valence-electron chi connectivity index (χ1n) is 6.46. The van der Waals surface area contributed by atoms with Gasteiger partial charge >= 0.3 is 29.9 Å². The van der Waals surface area contributed by atoms with Gasteiger partial charge in [-0.2, -0.15) is 48.3 Å². The summed E-state index contributed by atoms with van der Waals surface area (Å²) in [6.07, 6.45) is -25.7. The highest BCUT2D eigenvalue weighted by molar-refractivity contribution is 5.25. The van der Waals surface area contributed by atoms with Gasteiger partial charge in [-0.25, -0.2) is 26.3 Å². The van der Waals surface area contributed by atoms with Crippen molar-refractivity contribution in [1.82, 2.24) is 0 Å². The molecule has 17 heteroatoms. The van der Waals surface area contributed by atoms with E-state index in [1.165, 1.54) is 0 Å². The third kappa shape index (κ3) is 2.58. The Hall–Kier alpha value is -1.19. The molecule has 1 fully saturated rings. The molecule has 0 spiro atoms. The maximum absolute atomic E-state index is 14.1. The average Bonchev–Trinajstić information content (AvgIpc) is 2.55. The van der Waals surface area contributed by atoms with Crippen LogP contribution in [0.15, 0.2) is 0 Å². The first-order valence-corrected chi connectivity index (χ1v) is 6.46. The first kappa shape index (κ1) is 24.8. The molecule has 0 radical (unpaired) electrons. The molecule has 28 heavy (non-hydrogen) atoms. The van der Waals surface area contributed by atoms with Crippen LogP contribution in [0.25, 0.3) is 0 Å². The summed E-state index contributed by atoms with van der Waals surface area (Å²) in [6.45, 7) is -4.02. The van der Waals surface area contributed by atoms with Crippen molar-refractivity contribution in [2.45, 2.75) is 59.7 Å². The molecule has 0 bridgehead atoms. The van der Waals surface area contributed by atoms with E-state index in [1.807, 2.05) is 0 Å². The van der Waals surface area contributed by atoms with E-state index in [2.05, 4.69) is 0 Å². The number of halogens is 17. The summed E-state index contributed by atoms with van der Waals surface area (Å²) in [5.74, 6) is -28.5. The Kier molecular flexibility index (Phi) is 5.46. The molecule has 0 aromatic carbocycles. The quantitative estimate of drug-likeness (QED) is 0.486. The highest BCUT2D eigenvalue weighted by Gasteiger charge is 2.92. The highest BCUT2D eigenvalue weighted by Crippen LogP contribution is 2.63. The van der Waals surface area contributed by atoms with E-state index in [4.69, 9.17) is 0 Å². The Morgan fingerprint density at radius 2 is 1.04 bits per heavy atom. The van der Waals surface area contributed by atoms with Gasteiger partial charge in [0, 0.05) is 0 Å². The second kappa shape index (κ2) is 6.15. The Balaban J connectivity index is 3.75. The molecular formula is C11H5F17. The van der Waals surface area contributed by atoms with Gasteiger partial charge in [0.05, 0.1) is 0 Å². The SMILES string of the molecule is FCC(F)(C(F)(F)F)C(F)(F)C(F)C1(F)C(F)C(F)(F)C(F)(F)C(F)C1(F)F. The fourth-order valence-electron chi connectivity index (χ4n) is 2.31. The van der Waals surface area contributed by atoms with Gasteiger partial charge in [-0.3, -0.25) is 0 Å². The van der Waals surface area contributed by atoms with Crippen molar-refractivity contribution in [3.8, 4) is 0 Å². The van der Waals surface area contributed by atoms with Crippen molar-refractivity contribution < 1.29 is 74.6 Å². The minimum atomic E-state index is -7.44. The normalized spacial score (nSPS) is 35.9. The van der Waals surface area contributed by atoms with Gasteiger partial charge in [0.1, 0.15) is 6.67 Å². The fourth-order valence-corrected chi connectivity index (χ4v) is 2.31. The lowest BCUT2D eigenvalue weighted by atomic mass is 9.70. The van der Waals surface area contributed by atoms with E-state index >= 15 is 0 Å². The zero-order valence-corrected chi connectivity index (χ0v) is 12.4. The summed E-state index contributed by atoms with van der Waals surface area (Å²) in [5.41, 5.74) is -14.1. The topological polar surface area (TPSA) is 0 Å². The first-order chi connectivity index (χ1) is 12.0. The van der Waals surface area contributed by atoms with Gasteiger partial charge in [-0.1, -0.05) is 0 Å². The van der Waals surface area contributed by atoms with Crippen molar-refractivity contribution in [3.05, 3.63) is 0 Å². The van der Waals surface area contributed by atoms with Crippen molar-refractivity contribution in [1.29, 1.82) is 0 Å². The summed E-state index contributed by atoms with van der Waals surface area (Å²) in [6, 6.07) is 0. The largest absolute Gasteiger partial charge is 0.431 e. The van der Waals surface area contributed by atoms with Crippen LogP contribution >= 0.6 is 0 Å². The standard InChI is InChI=1S/C11H5F17/c12-1-5(16,11(26,27)28)7(18,19)2(13)6(17)3(14)9(22,23)10(24,25)4(15)8(6,20)21/h2-4H,1H2. The fraction of sp³-hybridized carbons (Fsp3) is 1.00. The van der Waals surface area contributed by atoms with Gasteiger partial charge in [0.2, 0.25) is 18.5 Å². The van der Waals surface area contributed by atoms with Crippen LogP contribution in [0.1, 0.15) is 0 Å². The van der Waals surface area contributed by atoms with Crippen LogP contribution in [0.5, 0.6) is 0 Å². The Labute approximate surface area is 142 Å². The lowest BCUT2D eigenvalue weighted by molar-refractivity contribution is -0.403. The van der Waals surface area contributed by atoms with E-state index in [1.54, 1.807) is 0 Å². The van der Waals surface area contributed by atoms with Crippen LogP contribution in [-0.4, -0.2) is 66.4 Å². The maximum atomic E-state index is 14.1. The number of hydrogen-bond acceptors (Lipinski definition) is 0. The highest BCUT2D eigenvalue weighted by atomic mass is 19.4. The van der Waals surface area contributed by atoms with E-state index < -0.39 is 66.4 Å². The molecule has 0 saturated heterocycles. The van der Waals surface area contributed by atoms with E-state index in [0.29, 0.717) is 0 Å². The van der Waals surface area contributed by atoms with Gasteiger partial charge in [0.15, 0.2) is 0 Å². The van der Waals surface area contributed by atoms with Gasteiger partial charge in [0.25, 0.3) is 11.3 Å². The molecule has 0 nitrogen and oxygen atoms in total. The van der Waals surface area contributed by atoms with E-state index in [-0.39, 0.29) is 0 Å². The summed E-state index contributed by atoms with van der Waals surface area (Å²) in [7, 11) is 0. The molecule has 0 heterocycles. The average molecular weight is 460 g/mol. The van der Waals surface area contributed by atoms with Crippen molar-refractivity contribution >= 4 is 0 Å². The Morgan fingerprint density at radius 1 is 0.679 bits per heavy atom. The zero-order chi connectivity index (χ0) is 22.9. The lowest BCUT2D eigenvalue weighted by Crippen LogP contribution is -2.81.